The zero-order chi connectivity index (χ0) is 36.5. The third kappa shape index (κ3) is 7.03. The van der Waals surface area contributed by atoms with Crippen molar-refractivity contribution < 1.29 is 38.5 Å². The molecule has 2 fully saturated rings. The van der Waals surface area contributed by atoms with Crippen molar-refractivity contribution in [3.8, 4) is 0 Å². The zero-order valence-corrected chi connectivity index (χ0v) is 31.0. The summed E-state index contributed by atoms with van der Waals surface area (Å²) in [5.74, 6) is -4.03. The van der Waals surface area contributed by atoms with Gasteiger partial charge in [-0.05, 0) is 50.8 Å². The number of aliphatic hydroxyl groups is 1. The molecule has 2 N–H and O–H groups in total. The Hall–Kier alpha value is -3.84. The van der Waals surface area contributed by atoms with E-state index in [9.17, 15) is 19.5 Å². The van der Waals surface area contributed by atoms with E-state index in [2.05, 4.69) is 21.2 Å². The molecule has 5 bridgehead atoms. The second-order valence-electron chi connectivity index (χ2n) is 14.6. The van der Waals surface area contributed by atoms with Gasteiger partial charge in [-0.1, -0.05) is 88.7 Å². The lowest BCUT2D eigenvalue weighted by molar-refractivity contribution is -0.163. The number of nitrogens with zero attached hydrogens (tertiary/aromatic N) is 2. The fraction of sp³-hybridized carbons (Fsp3) is 0.487. The van der Waals surface area contributed by atoms with Gasteiger partial charge >= 0.3 is 5.97 Å². The highest BCUT2D eigenvalue weighted by Crippen LogP contribution is 2.59. The Morgan fingerprint density at radius 3 is 2.33 bits per heavy atom. The predicted octanol–water partition coefficient (Wildman–Crippen LogP) is 3.86. The van der Waals surface area contributed by atoms with Gasteiger partial charge in [-0.3, -0.25) is 19.2 Å². The molecule has 2 aromatic carbocycles. The second kappa shape index (κ2) is 15.0. The van der Waals surface area contributed by atoms with Gasteiger partial charge < -0.3 is 34.4 Å². The van der Waals surface area contributed by atoms with E-state index in [1.165, 1.54) is 12.0 Å². The molecule has 0 aromatic heterocycles. The van der Waals surface area contributed by atoms with Crippen LogP contribution in [-0.4, -0.2) is 101 Å². The first-order valence-corrected chi connectivity index (χ1v) is 18.2. The van der Waals surface area contributed by atoms with Gasteiger partial charge in [0.25, 0.3) is 0 Å². The minimum absolute atomic E-state index is 0.0530. The second-order valence-corrected chi connectivity index (χ2v) is 15.5. The van der Waals surface area contributed by atoms with Crippen LogP contribution >= 0.6 is 15.9 Å². The number of methoxy groups -OCH3 is 1. The topological polar surface area (TPSA) is 135 Å². The molecular weight excluding hydrogens is 718 g/mol. The maximum Gasteiger partial charge on any atom is 0.313 e. The number of fused-ring (bicyclic) bond motifs is 2. The molecule has 0 unspecified atom stereocenters. The summed E-state index contributed by atoms with van der Waals surface area (Å²) >= 11 is 3.62. The van der Waals surface area contributed by atoms with Crippen molar-refractivity contribution in [3.63, 3.8) is 0 Å². The number of esters is 1. The quantitative estimate of drug-likeness (QED) is 0.321. The number of amides is 3. The van der Waals surface area contributed by atoms with E-state index >= 15 is 4.79 Å². The number of aliphatic hydroxyl groups excluding tert-OH is 1. The molecule has 8 atom stereocenters. The molecule has 0 aliphatic carbocycles. The standard InChI is InChI=1S/C39H46BrN3O8/c1-38(2,3)42-19-13-7-12-18-29(45)41-28(23-49-4)32(25-16-10-6-11-17-25)50-37(48)30-31-35(46)43(26(22-44)20-24-14-8-5-9-15-24)34(36(42)47)39(31)21-27(40)33(30)51-39/h5-11,13-17,21,26,28,30-34,44H,12,18-20,22-23H2,1-4H3,(H,41,45)/b13-7-/t26-,28-,30+,31-,32-,33+,34+,39-/m1/s1. The van der Waals surface area contributed by atoms with Crippen LogP contribution in [0, 0.1) is 11.8 Å². The Labute approximate surface area is 307 Å². The number of hydrogen-bond donors (Lipinski definition) is 2. The molecule has 4 heterocycles. The van der Waals surface area contributed by atoms with E-state index in [1.807, 2.05) is 81.5 Å². The summed E-state index contributed by atoms with van der Waals surface area (Å²) in [5, 5.41) is 13.9. The van der Waals surface area contributed by atoms with Crippen LogP contribution in [0.3, 0.4) is 0 Å². The van der Waals surface area contributed by atoms with E-state index in [0.29, 0.717) is 16.5 Å². The monoisotopic (exact) mass is 763 g/mol. The molecule has 11 nitrogen and oxygen atoms in total. The average Bonchev–Trinajstić information content (AvgIpc) is 3.70. The number of ether oxygens (including phenoxy) is 3. The highest BCUT2D eigenvalue weighted by Gasteiger charge is 2.75. The molecule has 2 aromatic rings. The van der Waals surface area contributed by atoms with Crippen molar-refractivity contribution in [2.45, 2.75) is 81.5 Å². The van der Waals surface area contributed by atoms with E-state index in [1.54, 1.807) is 23.1 Å². The Balaban J connectivity index is 1.49. The summed E-state index contributed by atoms with van der Waals surface area (Å²) < 4.78 is 19.1. The van der Waals surface area contributed by atoms with Crippen LogP contribution in [0.4, 0.5) is 0 Å². The fourth-order valence-electron chi connectivity index (χ4n) is 7.98. The van der Waals surface area contributed by atoms with Crippen LogP contribution < -0.4 is 5.32 Å². The lowest BCUT2D eigenvalue weighted by Crippen LogP contribution is -2.61. The number of carbonyl (C=O) groups excluding carboxylic acids is 4. The summed E-state index contributed by atoms with van der Waals surface area (Å²) in [5.41, 5.74) is -0.693. The normalized spacial score (nSPS) is 31.2. The van der Waals surface area contributed by atoms with Crippen molar-refractivity contribution in [1.29, 1.82) is 0 Å². The Bertz CT molecular complexity index is 1680. The Morgan fingerprint density at radius 1 is 1.00 bits per heavy atom. The van der Waals surface area contributed by atoms with Crippen LogP contribution in [0.25, 0.3) is 0 Å². The van der Waals surface area contributed by atoms with Crippen LogP contribution in [0.15, 0.2) is 83.4 Å². The molecular formula is C39H46BrN3O8. The minimum Gasteiger partial charge on any atom is -0.455 e. The molecule has 1 spiro atoms. The molecule has 12 heteroatoms. The third-order valence-corrected chi connectivity index (χ3v) is 11.0. The van der Waals surface area contributed by atoms with Crippen LogP contribution in [-0.2, 0) is 39.8 Å². The van der Waals surface area contributed by atoms with E-state index < -0.39 is 71.8 Å². The fourth-order valence-corrected chi connectivity index (χ4v) is 8.72. The number of halogens is 1. The molecule has 4 aliphatic heterocycles. The molecule has 4 aliphatic rings. The highest BCUT2D eigenvalue weighted by atomic mass is 79.9. The summed E-state index contributed by atoms with van der Waals surface area (Å²) in [6, 6.07) is 15.8. The van der Waals surface area contributed by atoms with Gasteiger partial charge in [-0.25, -0.2) is 0 Å². The molecule has 6 rings (SSSR count). The van der Waals surface area contributed by atoms with Gasteiger partial charge in [-0.15, -0.1) is 0 Å². The number of rotatable bonds is 7. The number of carbonyl (C=O) groups is 4. The first-order chi connectivity index (χ1) is 24.4. The number of likely N-dealkylation sites (tertiary alicyclic amines) is 1. The first kappa shape index (κ1) is 36.9. The van der Waals surface area contributed by atoms with Crippen LogP contribution in [0.1, 0.15) is 50.8 Å². The first-order valence-electron chi connectivity index (χ1n) is 17.4. The lowest BCUT2D eigenvalue weighted by Gasteiger charge is -2.43. The smallest absolute Gasteiger partial charge is 0.313 e. The predicted molar refractivity (Wildman–Crippen MR) is 192 cm³/mol. The largest absolute Gasteiger partial charge is 0.455 e. The summed E-state index contributed by atoms with van der Waals surface area (Å²) in [6.07, 6.45) is 4.47. The van der Waals surface area contributed by atoms with Gasteiger partial charge in [0, 0.05) is 30.1 Å². The maximum atomic E-state index is 15.1. The van der Waals surface area contributed by atoms with Gasteiger partial charge in [0.2, 0.25) is 17.7 Å². The van der Waals surface area contributed by atoms with Crippen molar-refractivity contribution in [2.75, 3.05) is 26.9 Å². The van der Waals surface area contributed by atoms with Gasteiger partial charge in [-0.2, -0.15) is 0 Å². The molecule has 0 saturated carbocycles. The number of nitrogens with one attached hydrogen (secondary N) is 1. The van der Waals surface area contributed by atoms with Crippen molar-refractivity contribution in [2.24, 2.45) is 11.8 Å². The van der Waals surface area contributed by atoms with Crippen molar-refractivity contribution in [1.82, 2.24) is 15.1 Å². The molecule has 2 saturated heterocycles. The van der Waals surface area contributed by atoms with Gasteiger partial charge in [0.15, 0.2) is 0 Å². The number of benzene rings is 2. The summed E-state index contributed by atoms with van der Waals surface area (Å²) in [7, 11) is 1.51. The van der Waals surface area contributed by atoms with Gasteiger partial charge in [0.1, 0.15) is 29.8 Å². The van der Waals surface area contributed by atoms with E-state index in [4.69, 9.17) is 14.2 Å². The maximum absolute atomic E-state index is 15.1. The lowest BCUT2D eigenvalue weighted by atomic mass is 9.74. The van der Waals surface area contributed by atoms with E-state index in [0.717, 1.165) is 5.56 Å². The molecule has 272 valence electrons. The van der Waals surface area contributed by atoms with Crippen LogP contribution in [0.2, 0.25) is 0 Å². The zero-order valence-electron chi connectivity index (χ0n) is 29.4. The molecule has 51 heavy (non-hydrogen) atoms. The highest BCUT2D eigenvalue weighted by molar-refractivity contribution is 9.11. The van der Waals surface area contributed by atoms with Crippen molar-refractivity contribution in [3.05, 3.63) is 94.5 Å². The summed E-state index contributed by atoms with van der Waals surface area (Å²) in [6.45, 7) is 5.58. The van der Waals surface area contributed by atoms with Crippen LogP contribution in [0.5, 0.6) is 0 Å². The third-order valence-electron chi connectivity index (χ3n) is 10.3. The Kier molecular flexibility index (Phi) is 10.9. The van der Waals surface area contributed by atoms with E-state index in [-0.39, 0.29) is 37.8 Å². The SMILES string of the molecule is COC[C@H]1NC(=O)CC/C=C\CN(C(C)(C)C)C(=O)[C@@H]2N([C@@H](CO)Cc3ccccc3)C(=O)[C@H]3[C@H](C(=O)O[C@@H]1c1ccccc1)[C@H]1O[C@@]23C=C1Br. The molecule has 0 radical (unpaired) electrons. The van der Waals surface area contributed by atoms with Gasteiger partial charge in [0.05, 0.1) is 31.2 Å². The number of hydrogen-bond acceptors (Lipinski definition) is 8. The summed E-state index contributed by atoms with van der Waals surface area (Å²) in [4.78, 5) is 61.0. The Morgan fingerprint density at radius 2 is 1.69 bits per heavy atom. The molecule has 3 amide bonds. The van der Waals surface area contributed by atoms with Crippen molar-refractivity contribution >= 4 is 39.6 Å². The number of allylic oxidation sites excluding steroid dienone is 1. The average molecular weight is 765 g/mol. The number of cyclic esters (lactones) is 1. The minimum atomic E-state index is -1.52.